The van der Waals surface area contributed by atoms with E-state index in [1.54, 1.807) is 39.0 Å². The van der Waals surface area contributed by atoms with Gasteiger partial charge in [0.2, 0.25) is 17.7 Å². The van der Waals surface area contributed by atoms with Crippen molar-refractivity contribution in [3.63, 3.8) is 0 Å². The first-order chi connectivity index (χ1) is 23.0. The Morgan fingerprint density at radius 1 is 0.958 bits per heavy atom. The maximum Gasteiger partial charge on any atom is 0.410 e. The molecule has 2 aliphatic rings. The zero-order valence-electron chi connectivity index (χ0n) is 26.8. The Bertz CT molecular complexity index is 1810. The highest BCUT2D eigenvalue weighted by atomic mass is 16.6. The van der Waals surface area contributed by atoms with E-state index in [0.717, 1.165) is 42.3 Å². The van der Waals surface area contributed by atoms with Crippen LogP contribution in [0.25, 0.3) is 0 Å². The summed E-state index contributed by atoms with van der Waals surface area (Å²) in [7, 11) is 0. The third-order valence-electron chi connectivity index (χ3n) is 7.77. The number of aromatic nitrogens is 2. The van der Waals surface area contributed by atoms with E-state index in [1.807, 2.05) is 36.4 Å². The van der Waals surface area contributed by atoms with Crippen LogP contribution in [0.3, 0.4) is 0 Å². The van der Waals surface area contributed by atoms with Crippen molar-refractivity contribution in [1.82, 2.24) is 14.9 Å². The second-order valence-corrected chi connectivity index (χ2v) is 12.5. The SMILES string of the molecule is CC(C)(C)OC(=O)N1CCC[C@H]1C(=O)Nc1ccc(Oc2ccc3c(c2)CCC(c2cccc(Oc4ccc([N+](=O)[O-])cn4)c2)O3)nc1. The van der Waals surface area contributed by atoms with Gasteiger partial charge in [0.05, 0.1) is 16.8 Å². The molecule has 0 radical (unpaired) electrons. The second kappa shape index (κ2) is 13.6. The van der Waals surface area contributed by atoms with E-state index >= 15 is 0 Å². The van der Waals surface area contributed by atoms with Gasteiger partial charge in [0.25, 0.3) is 5.69 Å². The summed E-state index contributed by atoms with van der Waals surface area (Å²) in [5.74, 6) is 2.22. The van der Waals surface area contributed by atoms with Crippen LogP contribution < -0.4 is 19.5 Å². The molecule has 6 rings (SSSR count). The summed E-state index contributed by atoms with van der Waals surface area (Å²) in [5, 5.41) is 13.7. The van der Waals surface area contributed by atoms with Crippen molar-refractivity contribution in [3.05, 3.63) is 100 Å². The number of fused-ring (bicyclic) bond motifs is 1. The number of pyridine rings is 2. The van der Waals surface area contributed by atoms with Gasteiger partial charge in [0, 0.05) is 24.7 Å². The number of nitrogens with zero attached hydrogens (tertiary/aromatic N) is 4. The first kappa shape index (κ1) is 32.2. The van der Waals surface area contributed by atoms with Crippen molar-refractivity contribution < 1.29 is 33.5 Å². The van der Waals surface area contributed by atoms with Crippen molar-refractivity contribution in [2.45, 2.75) is 64.2 Å². The van der Waals surface area contributed by atoms with Crippen LogP contribution >= 0.6 is 0 Å². The van der Waals surface area contributed by atoms with E-state index in [9.17, 15) is 19.7 Å². The lowest BCUT2D eigenvalue weighted by atomic mass is 9.97. The second-order valence-electron chi connectivity index (χ2n) is 12.5. The Hall–Kier alpha value is -5.72. The average molecular weight is 654 g/mol. The molecule has 0 spiro atoms. The number of aryl methyl sites for hydroxylation is 1. The van der Waals surface area contributed by atoms with Crippen LogP contribution in [0.5, 0.6) is 29.0 Å². The molecule has 0 saturated carbocycles. The molecule has 1 N–H and O–H groups in total. The number of likely N-dealkylation sites (tertiary alicyclic amines) is 1. The smallest absolute Gasteiger partial charge is 0.410 e. The topological polar surface area (TPSA) is 155 Å². The standard InChI is InChI=1S/C35H35N5O8/c1-35(2,3)48-34(42)39-17-5-8-28(39)33(41)38-24-10-15-31(36-20-24)46-27-12-14-30-23(19-27)9-13-29(47-30)22-6-4-7-26(18-22)45-32-16-11-25(21-37-32)40(43)44/h4,6-7,10-12,14-16,18-21,28-29H,5,8-9,13,17H2,1-3H3,(H,38,41)/t28-,29?/m0/s1. The van der Waals surface area contributed by atoms with Gasteiger partial charge in [-0.2, -0.15) is 0 Å². The largest absolute Gasteiger partial charge is 0.485 e. The molecule has 2 aromatic heterocycles. The van der Waals surface area contributed by atoms with Gasteiger partial charge in [-0.3, -0.25) is 19.8 Å². The molecular formula is C35H35N5O8. The summed E-state index contributed by atoms with van der Waals surface area (Å²) in [6.45, 7) is 5.86. The first-order valence-corrected chi connectivity index (χ1v) is 15.6. The van der Waals surface area contributed by atoms with Gasteiger partial charge in [-0.15, -0.1) is 0 Å². The lowest BCUT2D eigenvalue weighted by molar-refractivity contribution is -0.385. The number of rotatable bonds is 8. The molecule has 0 bridgehead atoms. The molecule has 2 atom stereocenters. The van der Waals surface area contributed by atoms with Gasteiger partial charge in [0.15, 0.2) is 0 Å². The predicted octanol–water partition coefficient (Wildman–Crippen LogP) is 7.37. The Morgan fingerprint density at radius 2 is 1.71 bits per heavy atom. The molecule has 2 amide bonds. The highest BCUT2D eigenvalue weighted by Crippen LogP contribution is 2.38. The minimum atomic E-state index is -0.643. The number of benzene rings is 2. The maximum absolute atomic E-state index is 13.0. The summed E-state index contributed by atoms with van der Waals surface area (Å²) in [5.41, 5.74) is 1.68. The van der Waals surface area contributed by atoms with Gasteiger partial charge < -0.3 is 24.3 Å². The van der Waals surface area contributed by atoms with Crippen LogP contribution in [0.15, 0.2) is 79.1 Å². The monoisotopic (exact) mass is 653 g/mol. The van der Waals surface area contributed by atoms with Crippen molar-refractivity contribution in [1.29, 1.82) is 0 Å². The van der Waals surface area contributed by atoms with E-state index < -0.39 is 22.7 Å². The Morgan fingerprint density at radius 3 is 2.40 bits per heavy atom. The summed E-state index contributed by atoms with van der Waals surface area (Å²) >= 11 is 0. The van der Waals surface area contributed by atoms with Crippen LogP contribution in [-0.2, 0) is 16.0 Å². The lowest BCUT2D eigenvalue weighted by Crippen LogP contribution is -2.45. The highest BCUT2D eigenvalue weighted by Gasteiger charge is 2.36. The van der Waals surface area contributed by atoms with Crippen molar-refractivity contribution in [3.8, 4) is 29.0 Å². The van der Waals surface area contributed by atoms with E-state index in [4.69, 9.17) is 18.9 Å². The van der Waals surface area contributed by atoms with E-state index in [-0.39, 0.29) is 23.6 Å². The molecule has 248 valence electrons. The third-order valence-corrected chi connectivity index (χ3v) is 7.77. The van der Waals surface area contributed by atoms with Crippen LogP contribution in [0.4, 0.5) is 16.2 Å². The predicted molar refractivity (Wildman–Crippen MR) is 174 cm³/mol. The summed E-state index contributed by atoms with van der Waals surface area (Å²) in [4.78, 5) is 45.8. The van der Waals surface area contributed by atoms with Crippen LogP contribution in [0, 0.1) is 10.1 Å². The molecule has 48 heavy (non-hydrogen) atoms. The third kappa shape index (κ3) is 7.80. The molecule has 4 aromatic rings. The molecule has 13 heteroatoms. The molecule has 1 unspecified atom stereocenters. The van der Waals surface area contributed by atoms with E-state index in [0.29, 0.717) is 36.0 Å². The number of ether oxygens (including phenoxy) is 4. The number of hydrogen-bond donors (Lipinski definition) is 1. The average Bonchev–Trinajstić information content (AvgIpc) is 3.56. The van der Waals surface area contributed by atoms with E-state index in [1.165, 1.54) is 23.2 Å². The zero-order chi connectivity index (χ0) is 33.8. The molecular weight excluding hydrogens is 618 g/mol. The minimum absolute atomic E-state index is 0.108. The van der Waals surface area contributed by atoms with Crippen molar-refractivity contribution in [2.24, 2.45) is 0 Å². The van der Waals surface area contributed by atoms with Crippen molar-refractivity contribution >= 4 is 23.4 Å². The number of anilines is 1. The fraction of sp³-hybridized carbons (Fsp3) is 0.314. The number of nitrogens with one attached hydrogen (secondary N) is 1. The Kier molecular flexibility index (Phi) is 9.10. The number of carbonyl (C=O) groups is 2. The molecule has 2 aromatic carbocycles. The van der Waals surface area contributed by atoms with Gasteiger partial charge in [-0.1, -0.05) is 12.1 Å². The highest BCUT2D eigenvalue weighted by molar-refractivity contribution is 5.96. The van der Waals surface area contributed by atoms with Gasteiger partial charge in [-0.25, -0.2) is 14.8 Å². The fourth-order valence-corrected chi connectivity index (χ4v) is 5.54. The van der Waals surface area contributed by atoms with Gasteiger partial charge in [0.1, 0.15) is 41.2 Å². The molecule has 0 aliphatic carbocycles. The molecule has 13 nitrogen and oxygen atoms in total. The fourth-order valence-electron chi connectivity index (χ4n) is 5.54. The quantitative estimate of drug-likeness (QED) is 0.150. The van der Waals surface area contributed by atoms with Crippen LogP contribution in [0.2, 0.25) is 0 Å². The number of carbonyl (C=O) groups excluding carboxylic acids is 2. The normalized spacial score (nSPS) is 17.1. The number of nitro groups is 1. The minimum Gasteiger partial charge on any atom is -0.485 e. The summed E-state index contributed by atoms with van der Waals surface area (Å²) in [6, 6.07) is 18.7. The Balaban J connectivity index is 1.04. The lowest BCUT2D eigenvalue weighted by Gasteiger charge is -2.28. The molecule has 4 heterocycles. The van der Waals surface area contributed by atoms with Crippen LogP contribution in [0.1, 0.15) is 57.3 Å². The summed E-state index contributed by atoms with van der Waals surface area (Å²) in [6.07, 6.45) is 4.76. The number of hydrogen-bond acceptors (Lipinski definition) is 10. The molecule has 1 fully saturated rings. The summed E-state index contributed by atoms with van der Waals surface area (Å²) < 4.78 is 23.6. The van der Waals surface area contributed by atoms with Gasteiger partial charge >= 0.3 is 6.09 Å². The Labute approximate surface area is 277 Å². The molecule has 1 saturated heterocycles. The molecule has 2 aliphatic heterocycles. The zero-order valence-corrected chi connectivity index (χ0v) is 26.8. The van der Waals surface area contributed by atoms with E-state index in [2.05, 4.69) is 15.3 Å². The first-order valence-electron chi connectivity index (χ1n) is 15.6. The maximum atomic E-state index is 13.0. The van der Waals surface area contributed by atoms with Crippen LogP contribution in [-0.4, -0.2) is 50.0 Å². The van der Waals surface area contributed by atoms with Gasteiger partial charge in [-0.05, 0) is 94.0 Å². The number of amides is 2. The van der Waals surface area contributed by atoms with Crippen molar-refractivity contribution in [2.75, 3.05) is 11.9 Å².